The molecule has 0 radical (unpaired) electrons. The third kappa shape index (κ3) is 5.75. The third-order valence-electron chi connectivity index (χ3n) is 6.86. The third-order valence-corrected chi connectivity index (χ3v) is 6.86. The summed E-state index contributed by atoms with van der Waals surface area (Å²) in [6, 6.07) is 6.96. The van der Waals surface area contributed by atoms with Gasteiger partial charge in [-0.05, 0) is 38.7 Å². The quantitative estimate of drug-likeness (QED) is 0.457. The minimum absolute atomic E-state index is 0.208. The molecule has 1 aliphatic carbocycles. The molecule has 188 valence electrons. The molecular formula is C27H36N4O4. The molecule has 1 atom stereocenters. The molecule has 3 aliphatic rings. The summed E-state index contributed by atoms with van der Waals surface area (Å²) in [7, 11) is 0. The summed E-state index contributed by atoms with van der Waals surface area (Å²) in [6.45, 7) is 11.4. The van der Waals surface area contributed by atoms with E-state index in [9.17, 15) is 14.4 Å². The van der Waals surface area contributed by atoms with Crippen LogP contribution in [0.15, 0.2) is 48.2 Å². The summed E-state index contributed by atoms with van der Waals surface area (Å²) in [4.78, 5) is 44.9. The Morgan fingerprint density at radius 2 is 1.89 bits per heavy atom. The summed E-state index contributed by atoms with van der Waals surface area (Å²) in [5.41, 5.74) is 3.02. The van der Waals surface area contributed by atoms with Crippen LogP contribution in [0.3, 0.4) is 0 Å². The Labute approximate surface area is 207 Å². The van der Waals surface area contributed by atoms with Gasteiger partial charge in [0.15, 0.2) is 0 Å². The zero-order valence-corrected chi connectivity index (χ0v) is 20.8. The Bertz CT molecular complexity index is 999. The number of carbonyl (C=O) groups excluding carboxylic acids is 3. The van der Waals surface area contributed by atoms with Crippen LogP contribution in [0.5, 0.6) is 0 Å². The van der Waals surface area contributed by atoms with Gasteiger partial charge in [-0.2, -0.15) is 0 Å². The van der Waals surface area contributed by atoms with E-state index in [1.807, 2.05) is 36.1 Å². The van der Waals surface area contributed by atoms with Crippen LogP contribution in [-0.4, -0.2) is 78.5 Å². The number of aryl methyl sites for hydroxylation is 1. The van der Waals surface area contributed by atoms with E-state index in [0.29, 0.717) is 30.9 Å². The lowest BCUT2D eigenvalue weighted by Crippen LogP contribution is -2.51. The van der Waals surface area contributed by atoms with Crippen LogP contribution in [0.1, 0.15) is 43.4 Å². The van der Waals surface area contributed by atoms with E-state index in [0.717, 1.165) is 43.5 Å². The lowest BCUT2D eigenvalue weighted by molar-refractivity contribution is -0.139. The molecule has 1 saturated carbocycles. The van der Waals surface area contributed by atoms with Crippen molar-refractivity contribution >= 4 is 17.9 Å². The predicted octanol–water partition coefficient (Wildman–Crippen LogP) is 3.01. The van der Waals surface area contributed by atoms with Gasteiger partial charge in [-0.1, -0.05) is 35.9 Å². The maximum absolute atomic E-state index is 13.3. The van der Waals surface area contributed by atoms with Gasteiger partial charge in [-0.25, -0.2) is 9.59 Å². The summed E-state index contributed by atoms with van der Waals surface area (Å²) >= 11 is 0. The number of esters is 1. The Kier molecular flexibility index (Phi) is 7.90. The molecule has 8 heteroatoms. The number of nitrogens with zero attached hydrogens (tertiary/aromatic N) is 3. The summed E-state index contributed by atoms with van der Waals surface area (Å²) in [5, 5.41) is 3.01. The SMILES string of the molecule is C=CCN1C(=O)NC(c2ccc(C)cc2)C(C(=O)OCC)=C1CN1CCCN(C(=O)C2CC2)CC1. The highest BCUT2D eigenvalue weighted by molar-refractivity contribution is 5.95. The topological polar surface area (TPSA) is 82.2 Å². The predicted molar refractivity (Wildman–Crippen MR) is 133 cm³/mol. The van der Waals surface area contributed by atoms with E-state index in [-0.39, 0.29) is 31.0 Å². The fourth-order valence-corrected chi connectivity index (χ4v) is 4.80. The zero-order chi connectivity index (χ0) is 24.9. The lowest BCUT2D eigenvalue weighted by atomic mass is 9.93. The second kappa shape index (κ2) is 11.1. The fraction of sp³-hybridized carbons (Fsp3) is 0.519. The van der Waals surface area contributed by atoms with E-state index < -0.39 is 12.0 Å². The summed E-state index contributed by atoms with van der Waals surface area (Å²) in [5.74, 6) is 0.0469. The van der Waals surface area contributed by atoms with E-state index in [1.165, 1.54) is 0 Å². The number of carbonyl (C=O) groups is 3. The number of hydrogen-bond donors (Lipinski definition) is 1. The van der Waals surface area contributed by atoms with Crippen LogP contribution in [-0.2, 0) is 14.3 Å². The second-order valence-corrected chi connectivity index (χ2v) is 9.50. The van der Waals surface area contributed by atoms with E-state index in [4.69, 9.17) is 4.74 Å². The second-order valence-electron chi connectivity index (χ2n) is 9.50. The highest BCUT2D eigenvalue weighted by atomic mass is 16.5. The molecule has 2 heterocycles. The molecule has 1 unspecified atom stereocenters. The molecular weight excluding hydrogens is 444 g/mol. The first kappa shape index (κ1) is 25.0. The normalized spacial score (nSPS) is 21.4. The minimum atomic E-state index is -0.599. The number of rotatable bonds is 8. The molecule has 2 aliphatic heterocycles. The van der Waals surface area contributed by atoms with Crippen molar-refractivity contribution in [1.82, 2.24) is 20.0 Å². The van der Waals surface area contributed by atoms with Crippen LogP contribution in [0.4, 0.5) is 4.79 Å². The highest BCUT2D eigenvalue weighted by Crippen LogP contribution is 2.33. The minimum Gasteiger partial charge on any atom is -0.463 e. The van der Waals surface area contributed by atoms with Crippen LogP contribution in [0.25, 0.3) is 0 Å². The molecule has 1 aromatic carbocycles. The van der Waals surface area contributed by atoms with Crippen LogP contribution in [0.2, 0.25) is 0 Å². The number of urea groups is 1. The van der Waals surface area contributed by atoms with Crippen molar-refractivity contribution in [3.05, 3.63) is 59.3 Å². The van der Waals surface area contributed by atoms with Crippen molar-refractivity contribution in [2.75, 3.05) is 45.9 Å². The van der Waals surface area contributed by atoms with Gasteiger partial charge in [0.1, 0.15) is 0 Å². The van der Waals surface area contributed by atoms with Gasteiger partial charge in [0.25, 0.3) is 0 Å². The molecule has 3 amide bonds. The molecule has 1 saturated heterocycles. The van der Waals surface area contributed by atoms with Crippen LogP contribution >= 0.6 is 0 Å². The molecule has 0 bridgehead atoms. The fourth-order valence-electron chi connectivity index (χ4n) is 4.80. The average Bonchev–Trinajstić information content (AvgIpc) is 3.69. The number of hydrogen-bond acceptors (Lipinski definition) is 5. The number of nitrogens with one attached hydrogen (secondary N) is 1. The van der Waals surface area contributed by atoms with Crippen molar-refractivity contribution in [2.45, 2.75) is 39.2 Å². The van der Waals surface area contributed by atoms with Crippen LogP contribution < -0.4 is 5.32 Å². The first-order valence-electron chi connectivity index (χ1n) is 12.6. The Hall–Kier alpha value is -3.13. The molecule has 4 rings (SSSR count). The molecule has 0 aromatic heterocycles. The van der Waals surface area contributed by atoms with Crippen molar-refractivity contribution in [3.8, 4) is 0 Å². The largest absolute Gasteiger partial charge is 0.463 e. The zero-order valence-electron chi connectivity index (χ0n) is 20.8. The Balaban J connectivity index is 1.66. The number of ether oxygens (including phenoxy) is 1. The van der Waals surface area contributed by atoms with Gasteiger partial charge in [-0.3, -0.25) is 14.6 Å². The van der Waals surface area contributed by atoms with Crippen molar-refractivity contribution in [1.29, 1.82) is 0 Å². The molecule has 1 N–H and O–H groups in total. The lowest BCUT2D eigenvalue weighted by Gasteiger charge is -2.38. The summed E-state index contributed by atoms with van der Waals surface area (Å²) < 4.78 is 5.47. The standard InChI is InChI=1S/C27H36N4O4/c1-4-13-31-22(18-29-14-6-15-30(17-16-29)25(32)21-11-12-21)23(26(33)35-5-2)24(28-27(31)34)20-9-7-19(3)8-10-20/h4,7-10,21,24H,1,5-6,11-18H2,2-3H3,(H,28,34). The van der Waals surface area contributed by atoms with E-state index in [2.05, 4.69) is 16.8 Å². The maximum atomic E-state index is 13.3. The number of amides is 3. The summed E-state index contributed by atoms with van der Waals surface area (Å²) in [6.07, 6.45) is 4.52. The maximum Gasteiger partial charge on any atom is 0.338 e. The molecule has 1 aromatic rings. The first-order valence-corrected chi connectivity index (χ1v) is 12.6. The van der Waals surface area contributed by atoms with Crippen LogP contribution in [0, 0.1) is 12.8 Å². The molecule has 2 fully saturated rings. The van der Waals surface area contributed by atoms with Crippen molar-refractivity contribution in [2.24, 2.45) is 5.92 Å². The van der Waals surface area contributed by atoms with Crippen molar-refractivity contribution in [3.63, 3.8) is 0 Å². The van der Waals surface area contributed by atoms with Gasteiger partial charge >= 0.3 is 12.0 Å². The smallest absolute Gasteiger partial charge is 0.338 e. The van der Waals surface area contributed by atoms with E-state index >= 15 is 0 Å². The van der Waals surface area contributed by atoms with Gasteiger partial charge in [0.05, 0.1) is 18.2 Å². The first-order chi connectivity index (χ1) is 16.9. The molecule has 0 spiro atoms. The highest BCUT2D eigenvalue weighted by Gasteiger charge is 2.39. The van der Waals surface area contributed by atoms with Gasteiger partial charge in [0, 0.05) is 50.9 Å². The number of benzene rings is 1. The van der Waals surface area contributed by atoms with Gasteiger partial charge in [0.2, 0.25) is 5.91 Å². The molecule has 8 nitrogen and oxygen atoms in total. The Morgan fingerprint density at radius 1 is 1.14 bits per heavy atom. The average molecular weight is 481 g/mol. The van der Waals surface area contributed by atoms with E-state index in [1.54, 1.807) is 17.9 Å². The molecule has 35 heavy (non-hydrogen) atoms. The Morgan fingerprint density at radius 3 is 2.54 bits per heavy atom. The van der Waals surface area contributed by atoms with Gasteiger partial charge in [-0.15, -0.1) is 6.58 Å². The van der Waals surface area contributed by atoms with Crippen molar-refractivity contribution < 1.29 is 19.1 Å². The van der Waals surface area contributed by atoms with Gasteiger partial charge < -0.3 is 15.0 Å². The monoisotopic (exact) mass is 480 g/mol.